The van der Waals surface area contributed by atoms with Gasteiger partial charge in [-0.15, -0.1) is 0 Å². The van der Waals surface area contributed by atoms with Crippen LogP contribution in [0.15, 0.2) is 36.4 Å². The van der Waals surface area contributed by atoms with Crippen LogP contribution in [-0.2, 0) is 30.0 Å². The van der Waals surface area contributed by atoms with Gasteiger partial charge in [0.05, 0.1) is 12.0 Å². The number of alkyl halides is 3. The number of cyclic esters (lactones) is 1. The van der Waals surface area contributed by atoms with Gasteiger partial charge in [0, 0.05) is 18.2 Å². The number of nitrogens with one attached hydrogen (secondary N) is 2. The summed E-state index contributed by atoms with van der Waals surface area (Å²) in [7, 11) is 0. The van der Waals surface area contributed by atoms with Gasteiger partial charge in [-0.2, -0.15) is 13.2 Å². The standard InChI is InChI=1S/C25H28F3N3O6/c1-2-36-24-18(13-20(32)37-24)30-22(34)19-11-10-16-8-3-4-9-17(23(35)31(16)19)29-21(33)14-6-5-7-15(12-14)25(26,27)28/h3-7,12,16-19,24H,2,8-11,13H2,1H3,(H,29,33)(H,30,34)/t16-,17+,18?,19+,24?/m1/s1. The number of ether oxygens (including phenoxy) is 2. The highest BCUT2D eigenvalue weighted by Gasteiger charge is 2.45. The average Bonchev–Trinajstić information content (AvgIpc) is 3.42. The number of carbonyl (C=O) groups excluding carboxylic acids is 4. The largest absolute Gasteiger partial charge is 0.433 e. The first-order valence-electron chi connectivity index (χ1n) is 12.1. The summed E-state index contributed by atoms with van der Waals surface area (Å²) in [4.78, 5) is 52.7. The zero-order chi connectivity index (χ0) is 26.7. The van der Waals surface area contributed by atoms with Crippen LogP contribution >= 0.6 is 0 Å². The summed E-state index contributed by atoms with van der Waals surface area (Å²) in [6.07, 6.45) is -0.398. The van der Waals surface area contributed by atoms with E-state index in [1.54, 1.807) is 13.0 Å². The van der Waals surface area contributed by atoms with E-state index in [2.05, 4.69) is 10.6 Å². The molecule has 200 valence electrons. The molecule has 0 radical (unpaired) electrons. The second-order valence-electron chi connectivity index (χ2n) is 9.17. The quantitative estimate of drug-likeness (QED) is 0.437. The minimum Gasteiger partial charge on any atom is -0.433 e. The van der Waals surface area contributed by atoms with Crippen LogP contribution in [0, 0.1) is 0 Å². The van der Waals surface area contributed by atoms with Gasteiger partial charge < -0.3 is 25.0 Å². The summed E-state index contributed by atoms with van der Waals surface area (Å²) >= 11 is 0. The Kier molecular flexibility index (Phi) is 7.86. The average molecular weight is 524 g/mol. The molecule has 9 nitrogen and oxygen atoms in total. The van der Waals surface area contributed by atoms with Crippen molar-refractivity contribution in [2.75, 3.05) is 6.61 Å². The highest BCUT2D eigenvalue weighted by Crippen LogP contribution is 2.31. The van der Waals surface area contributed by atoms with Gasteiger partial charge in [-0.1, -0.05) is 18.2 Å². The molecule has 0 spiro atoms. The van der Waals surface area contributed by atoms with E-state index >= 15 is 0 Å². The molecule has 3 aliphatic heterocycles. The van der Waals surface area contributed by atoms with Crippen LogP contribution in [-0.4, -0.2) is 65.7 Å². The second kappa shape index (κ2) is 10.9. The minimum atomic E-state index is -4.62. The summed E-state index contributed by atoms with van der Waals surface area (Å²) in [6, 6.07) is 1.07. The summed E-state index contributed by atoms with van der Waals surface area (Å²) in [5, 5.41) is 5.30. The van der Waals surface area contributed by atoms with Crippen molar-refractivity contribution in [2.45, 2.75) is 75.7 Å². The number of hydrogen-bond acceptors (Lipinski definition) is 6. The fourth-order valence-electron chi connectivity index (χ4n) is 4.92. The smallest absolute Gasteiger partial charge is 0.416 e. The number of esters is 1. The van der Waals surface area contributed by atoms with Gasteiger partial charge in [0.2, 0.25) is 18.1 Å². The van der Waals surface area contributed by atoms with Crippen molar-refractivity contribution in [1.82, 2.24) is 15.5 Å². The number of halogens is 3. The van der Waals surface area contributed by atoms with Crippen LogP contribution in [0.25, 0.3) is 0 Å². The molecule has 2 unspecified atom stereocenters. The number of nitrogens with zero attached hydrogens (tertiary/aromatic N) is 1. The van der Waals surface area contributed by atoms with Crippen LogP contribution in [0.5, 0.6) is 0 Å². The Morgan fingerprint density at radius 1 is 1.14 bits per heavy atom. The molecule has 0 saturated carbocycles. The molecule has 3 amide bonds. The molecule has 12 heteroatoms. The van der Waals surface area contributed by atoms with Gasteiger partial charge >= 0.3 is 12.1 Å². The predicted molar refractivity (Wildman–Crippen MR) is 123 cm³/mol. The minimum absolute atomic E-state index is 0.0566. The van der Waals surface area contributed by atoms with E-state index in [9.17, 15) is 32.3 Å². The molecule has 1 aromatic carbocycles. The molecule has 4 rings (SSSR count). The van der Waals surface area contributed by atoms with Crippen LogP contribution in [0.2, 0.25) is 0 Å². The fraction of sp³-hybridized carbons (Fsp3) is 0.520. The van der Waals surface area contributed by atoms with Gasteiger partial charge in [0.15, 0.2) is 0 Å². The predicted octanol–water partition coefficient (Wildman–Crippen LogP) is 2.31. The Morgan fingerprint density at radius 3 is 2.62 bits per heavy atom. The van der Waals surface area contributed by atoms with Crippen molar-refractivity contribution >= 4 is 23.7 Å². The number of benzene rings is 1. The van der Waals surface area contributed by atoms with Crippen LogP contribution in [0.4, 0.5) is 13.2 Å². The van der Waals surface area contributed by atoms with E-state index in [0.29, 0.717) is 19.3 Å². The van der Waals surface area contributed by atoms with Gasteiger partial charge in [-0.05, 0) is 50.8 Å². The van der Waals surface area contributed by atoms with E-state index in [4.69, 9.17) is 9.47 Å². The molecule has 0 aromatic heterocycles. The lowest BCUT2D eigenvalue weighted by atomic mass is 10.0. The fourth-order valence-corrected chi connectivity index (χ4v) is 4.92. The molecule has 5 atom stereocenters. The van der Waals surface area contributed by atoms with Crippen molar-refractivity contribution in [3.05, 3.63) is 47.5 Å². The molecule has 2 fully saturated rings. The molecule has 2 N–H and O–H groups in total. The normalized spacial score (nSPS) is 27.8. The van der Waals surface area contributed by atoms with E-state index < -0.39 is 59.8 Å². The Bertz CT molecular complexity index is 1090. The first-order chi connectivity index (χ1) is 17.6. The van der Waals surface area contributed by atoms with Crippen molar-refractivity contribution in [2.24, 2.45) is 0 Å². The maximum Gasteiger partial charge on any atom is 0.416 e. The number of fused-ring (bicyclic) bond motifs is 1. The van der Waals surface area contributed by atoms with Gasteiger partial charge in [-0.3, -0.25) is 19.2 Å². The maximum absolute atomic E-state index is 13.6. The Hall–Kier alpha value is -3.41. The number of hydrogen-bond donors (Lipinski definition) is 2. The van der Waals surface area contributed by atoms with Crippen molar-refractivity contribution in [3.63, 3.8) is 0 Å². The molecule has 2 saturated heterocycles. The number of amides is 3. The molecular formula is C25H28F3N3O6. The number of rotatable bonds is 6. The number of carbonyl (C=O) groups is 4. The third-order valence-electron chi connectivity index (χ3n) is 6.68. The molecule has 3 heterocycles. The highest BCUT2D eigenvalue weighted by atomic mass is 19.4. The Labute approximate surface area is 211 Å². The third-order valence-corrected chi connectivity index (χ3v) is 6.68. The van der Waals surface area contributed by atoms with Crippen molar-refractivity contribution < 1.29 is 41.8 Å². The van der Waals surface area contributed by atoms with E-state index in [1.807, 2.05) is 6.08 Å². The first kappa shape index (κ1) is 26.6. The lowest BCUT2D eigenvalue weighted by Gasteiger charge is -2.34. The SMILES string of the molecule is CCOC1OC(=O)CC1NC(=O)[C@@H]1CC[C@H]2CC=CC[C@H](NC(=O)c3cccc(C(F)(F)F)c3)C(=O)N21. The molecule has 3 aliphatic rings. The maximum atomic E-state index is 13.6. The molecule has 37 heavy (non-hydrogen) atoms. The lowest BCUT2D eigenvalue weighted by molar-refractivity contribution is -0.164. The van der Waals surface area contributed by atoms with Crippen molar-refractivity contribution in [3.8, 4) is 0 Å². The van der Waals surface area contributed by atoms with Gasteiger partial charge in [-0.25, -0.2) is 0 Å². The molecule has 0 bridgehead atoms. The third kappa shape index (κ3) is 5.95. The van der Waals surface area contributed by atoms with E-state index in [0.717, 1.165) is 18.2 Å². The summed E-state index contributed by atoms with van der Waals surface area (Å²) in [5.41, 5.74) is -1.20. The monoisotopic (exact) mass is 523 g/mol. The summed E-state index contributed by atoms with van der Waals surface area (Å²) in [6.45, 7) is 2.01. The van der Waals surface area contributed by atoms with E-state index in [1.165, 1.54) is 11.0 Å². The van der Waals surface area contributed by atoms with Gasteiger partial charge in [0.25, 0.3) is 5.91 Å². The summed E-state index contributed by atoms with van der Waals surface area (Å²) < 4.78 is 49.7. The van der Waals surface area contributed by atoms with E-state index in [-0.39, 0.29) is 31.1 Å². The lowest BCUT2D eigenvalue weighted by Crippen LogP contribution is -2.57. The van der Waals surface area contributed by atoms with Crippen LogP contribution in [0.1, 0.15) is 54.9 Å². The molecule has 0 aliphatic carbocycles. The highest BCUT2D eigenvalue weighted by molar-refractivity contribution is 5.99. The zero-order valence-corrected chi connectivity index (χ0v) is 20.1. The Balaban J connectivity index is 1.49. The summed E-state index contributed by atoms with van der Waals surface area (Å²) in [5.74, 6) is -2.28. The van der Waals surface area contributed by atoms with Crippen LogP contribution < -0.4 is 10.6 Å². The molecule has 1 aromatic rings. The Morgan fingerprint density at radius 2 is 1.89 bits per heavy atom. The topological polar surface area (TPSA) is 114 Å². The zero-order valence-electron chi connectivity index (χ0n) is 20.1. The molecular weight excluding hydrogens is 495 g/mol. The van der Waals surface area contributed by atoms with Crippen molar-refractivity contribution in [1.29, 1.82) is 0 Å². The second-order valence-corrected chi connectivity index (χ2v) is 9.17. The first-order valence-corrected chi connectivity index (χ1v) is 12.1. The van der Waals surface area contributed by atoms with Gasteiger partial charge in [0.1, 0.15) is 18.1 Å². The van der Waals surface area contributed by atoms with Crippen LogP contribution in [0.3, 0.4) is 0 Å².